The van der Waals surface area contributed by atoms with Gasteiger partial charge in [0.25, 0.3) is 5.91 Å². The van der Waals surface area contributed by atoms with Gasteiger partial charge >= 0.3 is 5.97 Å². The molecule has 1 aromatic heterocycles. The fourth-order valence-electron chi connectivity index (χ4n) is 3.56. The summed E-state index contributed by atoms with van der Waals surface area (Å²) in [7, 11) is 1.52. The molecule has 8 nitrogen and oxygen atoms in total. The van der Waals surface area contributed by atoms with Crippen molar-refractivity contribution in [2.45, 2.75) is 13.0 Å². The van der Waals surface area contributed by atoms with Gasteiger partial charge in [-0.2, -0.15) is 0 Å². The zero-order valence-corrected chi connectivity index (χ0v) is 17.3. The van der Waals surface area contributed by atoms with E-state index in [-0.39, 0.29) is 12.4 Å². The van der Waals surface area contributed by atoms with Gasteiger partial charge < -0.3 is 28.7 Å². The number of benzene rings is 3. The molecule has 1 amide bonds. The number of rotatable bonds is 5. The number of amides is 1. The van der Waals surface area contributed by atoms with Crippen molar-refractivity contribution in [2.75, 3.05) is 19.2 Å². The number of fused-ring (bicyclic) bond motifs is 4. The fourth-order valence-corrected chi connectivity index (χ4v) is 3.56. The maximum absolute atomic E-state index is 12.7. The third-order valence-corrected chi connectivity index (χ3v) is 5.22. The van der Waals surface area contributed by atoms with Gasteiger partial charge in [-0.3, -0.25) is 4.79 Å². The monoisotopic (exact) mass is 433 g/mol. The SMILES string of the molecule is COc1cc2c(cc1NC(=O)C(C)OC(=O)c1ccc3c(c1)OCO3)oc1ccccc12. The normalized spacial score (nSPS) is 13.2. The van der Waals surface area contributed by atoms with Crippen molar-refractivity contribution in [3.05, 3.63) is 60.2 Å². The second kappa shape index (κ2) is 7.81. The lowest BCUT2D eigenvalue weighted by Gasteiger charge is -2.15. The van der Waals surface area contributed by atoms with Crippen LogP contribution in [0.25, 0.3) is 21.9 Å². The Labute approximate surface area is 182 Å². The molecule has 0 radical (unpaired) electrons. The largest absolute Gasteiger partial charge is 0.495 e. The molecule has 0 bridgehead atoms. The van der Waals surface area contributed by atoms with E-state index in [1.54, 1.807) is 24.3 Å². The molecule has 2 heterocycles. The summed E-state index contributed by atoms with van der Waals surface area (Å²) in [5.74, 6) is 0.325. The molecular formula is C24H19NO7. The Morgan fingerprint density at radius 1 is 0.969 bits per heavy atom. The van der Waals surface area contributed by atoms with Crippen LogP contribution in [-0.2, 0) is 9.53 Å². The van der Waals surface area contributed by atoms with E-state index in [4.69, 9.17) is 23.4 Å². The molecule has 8 heteroatoms. The molecule has 0 saturated carbocycles. The Balaban J connectivity index is 1.34. The first-order chi connectivity index (χ1) is 15.5. The van der Waals surface area contributed by atoms with Crippen LogP contribution in [0.1, 0.15) is 17.3 Å². The van der Waals surface area contributed by atoms with Crippen molar-refractivity contribution in [3.8, 4) is 17.2 Å². The summed E-state index contributed by atoms with van der Waals surface area (Å²) in [5, 5.41) is 4.57. The van der Waals surface area contributed by atoms with E-state index in [1.165, 1.54) is 20.1 Å². The Kier molecular flexibility index (Phi) is 4.82. The number of ether oxygens (including phenoxy) is 4. The summed E-state index contributed by atoms with van der Waals surface area (Å²) < 4.78 is 27.2. The van der Waals surface area contributed by atoms with Crippen LogP contribution in [0.3, 0.4) is 0 Å². The molecule has 1 atom stereocenters. The number of furan rings is 1. The average Bonchev–Trinajstić information content (AvgIpc) is 3.41. The molecule has 4 aromatic rings. The third-order valence-electron chi connectivity index (χ3n) is 5.22. The van der Waals surface area contributed by atoms with Gasteiger partial charge in [0.05, 0.1) is 18.4 Å². The highest BCUT2D eigenvalue weighted by atomic mass is 16.7. The molecule has 1 N–H and O–H groups in total. The Morgan fingerprint density at radius 3 is 2.62 bits per heavy atom. The molecule has 5 rings (SSSR count). The number of carbonyl (C=O) groups excluding carboxylic acids is 2. The van der Waals surface area contributed by atoms with Gasteiger partial charge in [0, 0.05) is 16.8 Å². The predicted molar refractivity (Wildman–Crippen MR) is 116 cm³/mol. The van der Waals surface area contributed by atoms with Crippen molar-refractivity contribution in [1.82, 2.24) is 0 Å². The van der Waals surface area contributed by atoms with Gasteiger partial charge in [-0.05, 0) is 37.3 Å². The fraction of sp³-hybridized carbons (Fsp3) is 0.167. The van der Waals surface area contributed by atoms with Gasteiger partial charge in [-0.1, -0.05) is 18.2 Å². The van der Waals surface area contributed by atoms with Gasteiger partial charge in [-0.25, -0.2) is 4.79 Å². The summed E-state index contributed by atoms with van der Waals surface area (Å²) in [5.41, 5.74) is 2.01. The van der Waals surface area contributed by atoms with Gasteiger partial charge in [0.2, 0.25) is 6.79 Å². The standard InChI is InChI=1S/C24H19NO7/c1-13(31-24(27)14-7-8-19-22(9-14)30-12-29-19)23(26)25-17-11-20-16(10-21(17)28-2)15-5-3-4-6-18(15)32-20/h3-11,13H,12H2,1-2H3,(H,25,26). The lowest BCUT2D eigenvalue weighted by molar-refractivity contribution is -0.123. The highest BCUT2D eigenvalue weighted by Gasteiger charge is 2.23. The maximum atomic E-state index is 12.7. The molecule has 32 heavy (non-hydrogen) atoms. The summed E-state index contributed by atoms with van der Waals surface area (Å²) >= 11 is 0. The van der Waals surface area contributed by atoms with Crippen LogP contribution in [0.4, 0.5) is 5.69 Å². The zero-order valence-electron chi connectivity index (χ0n) is 17.3. The quantitative estimate of drug-likeness (QED) is 0.463. The van der Waals surface area contributed by atoms with Gasteiger partial charge in [0.1, 0.15) is 16.9 Å². The predicted octanol–water partition coefficient (Wildman–Crippen LogP) is 4.51. The first-order valence-corrected chi connectivity index (χ1v) is 9.94. The van der Waals surface area contributed by atoms with Crippen LogP contribution in [-0.4, -0.2) is 31.9 Å². The van der Waals surface area contributed by atoms with Crippen molar-refractivity contribution in [1.29, 1.82) is 0 Å². The number of esters is 1. The van der Waals surface area contributed by atoms with E-state index >= 15 is 0 Å². The molecule has 1 aliphatic heterocycles. The first-order valence-electron chi connectivity index (χ1n) is 9.94. The molecule has 3 aromatic carbocycles. The van der Waals surface area contributed by atoms with E-state index in [0.29, 0.717) is 28.5 Å². The van der Waals surface area contributed by atoms with E-state index in [0.717, 1.165) is 16.4 Å². The van der Waals surface area contributed by atoms with Gasteiger partial charge in [0.15, 0.2) is 17.6 Å². The number of carbonyl (C=O) groups is 2. The van der Waals surface area contributed by atoms with Crippen LogP contribution in [0, 0.1) is 0 Å². The first kappa shape index (κ1) is 19.7. The van der Waals surface area contributed by atoms with E-state index < -0.39 is 18.0 Å². The number of nitrogens with one attached hydrogen (secondary N) is 1. The van der Waals surface area contributed by atoms with Crippen LogP contribution >= 0.6 is 0 Å². The summed E-state index contributed by atoms with van der Waals surface area (Å²) in [6.07, 6.45) is -1.05. The maximum Gasteiger partial charge on any atom is 0.339 e. The van der Waals surface area contributed by atoms with Crippen LogP contribution in [0.2, 0.25) is 0 Å². The molecule has 1 aliphatic rings. The summed E-state index contributed by atoms with van der Waals surface area (Å²) in [6.45, 7) is 1.59. The zero-order chi connectivity index (χ0) is 22.2. The Hall–Kier alpha value is -4.20. The lowest BCUT2D eigenvalue weighted by atomic mass is 10.1. The molecular weight excluding hydrogens is 414 g/mol. The number of anilines is 1. The molecule has 0 spiro atoms. The Bertz CT molecular complexity index is 1360. The molecule has 0 aliphatic carbocycles. The molecule has 0 fully saturated rings. The third kappa shape index (κ3) is 3.45. The second-order valence-electron chi connectivity index (χ2n) is 7.25. The summed E-state index contributed by atoms with van der Waals surface area (Å²) in [4.78, 5) is 25.2. The minimum absolute atomic E-state index is 0.101. The van der Waals surface area contributed by atoms with E-state index in [9.17, 15) is 9.59 Å². The number of hydrogen-bond acceptors (Lipinski definition) is 7. The number of hydrogen-bond donors (Lipinski definition) is 1. The average molecular weight is 433 g/mol. The minimum atomic E-state index is -1.05. The van der Waals surface area contributed by atoms with Crippen molar-refractivity contribution < 1.29 is 33.0 Å². The Morgan fingerprint density at radius 2 is 1.78 bits per heavy atom. The smallest absolute Gasteiger partial charge is 0.339 e. The van der Waals surface area contributed by atoms with Crippen LogP contribution in [0.15, 0.2) is 59.0 Å². The van der Waals surface area contributed by atoms with Crippen molar-refractivity contribution in [2.24, 2.45) is 0 Å². The highest BCUT2D eigenvalue weighted by Crippen LogP contribution is 2.36. The summed E-state index contributed by atoms with van der Waals surface area (Å²) in [6, 6.07) is 15.8. The topological polar surface area (TPSA) is 96.2 Å². The van der Waals surface area contributed by atoms with Crippen molar-refractivity contribution >= 4 is 39.5 Å². The van der Waals surface area contributed by atoms with E-state index in [2.05, 4.69) is 5.32 Å². The van der Waals surface area contributed by atoms with E-state index in [1.807, 2.05) is 24.3 Å². The lowest BCUT2D eigenvalue weighted by Crippen LogP contribution is -2.30. The molecule has 1 unspecified atom stereocenters. The van der Waals surface area contributed by atoms with Crippen LogP contribution < -0.4 is 19.5 Å². The molecule has 0 saturated heterocycles. The minimum Gasteiger partial charge on any atom is -0.495 e. The molecule has 162 valence electrons. The van der Waals surface area contributed by atoms with Crippen LogP contribution in [0.5, 0.6) is 17.2 Å². The van der Waals surface area contributed by atoms with Crippen molar-refractivity contribution in [3.63, 3.8) is 0 Å². The van der Waals surface area contributed by atoms with Gasteiger partial charge in [-0.15, -0.1) is 0 Å². The second-order valence-corrected chi connectivity index (χ2v) is 7.25. The number of para-hydroxylation sites is 1. The number of methoxy groups -OCH3 is 1. The highest BCUT2D eigenvalue weighted by molar-refractivity contribution is 6.08.